The molecule has 3 aromatic rings. The summed E-state index contributed by atoms with van der Waals surface area (Å²) in [6.45, 7) is -0.980. The van der Waals surface area contributed by atoms with Crippen molar-refractivity contribution in [2.24, 2.45) is 0 Å². The minimum absolute atomic E-state index is 0.0470. The van der Waals surface area contributed by atoms with Crippen molar-refractivity contribution in [3.8, 4) is 22.8 Å². The zero-order chi connectivity index (χ0) is 20.1. The lowest BCUT2D eigenvalue weighted by molar-refractivity contribution is -0.115. The van der Waals surface area contributed by atoms with E-state index in [0.717, 1.165) is 11.3 Å². The third kappa shape index (κ3) is 5.04. The van der Waals surface area contributed by atoms with Crippen molar-refractivity contribution >= 4 is 22.9 Å². The third-order valence-electron chi connectivity index (χ3n) is 3.84. The number of rotatable bonds is 7. The van der Waals surface area contributed by atoms with Crippen LogP contribution in [0.15, 0.2) is 47.8 Å². The van der Waals surface area contributed by atoms with Gasteiger partial charge in [0.15, 0.2) is 11.5 Å². The molecule has 0 radical (unpaired) electrons. The molecule has 0 bridgehead atoms. The number of thiazole rings is 1. The van der Waals surface area contributed by atoms with Crippen LogP contribution < -0.4 is 14.8 Å². The number of halogens is 2. The molecule has 1 amide bonds. The molecule has 0 saturated carbocycles. The molecule has 2 aromatic carbocycles. The Morgan fingerprint density at radius 2 is 2.04 bits per heavy atom. The van der Waals surface area contributed by atoms with Gasteiger partial charge in [0.2, 0.25) is 5.91 Å². The number of amides is 1. The molecule has 146 valence electrons. The lowest BCUT2D eigenvalue weighted by atomic mass is 10.1. The molecule has 1 heterocycles. The molecule has 28 heavy (non-hydrogen) atoms. The Labute approximate surface area is 164 Å². The van der Waals surface area contributed by atoms with Crippen molar-refractivity contribution in [3.63, 3.8) is 0 Å². The lowest BCUT2D eigenvalue weighted by Gasteiger charge is -2.10. The number of alkyl halides is 2. The zero-order valence-corrected chi connectivity index (χ0v) is 16.1. The Morgan fingerprint density at radius 1 is 1.21 bits per heavy atom. The quantitative estimate of drug-likeness (QED) is 0.608. The highest BCUT2D eigenvalue weighted by atomic mass is 32.1. The molecule has 0 spiro atoms. The molecule has 5 nitrogen and oxygen atoms in total. The summed E-state index contributed by atoms with van der Waals surface area (Å²) < 4.78 is 34.4. The highest BCUT2D eigenvalue weighted by Gasteiger charge is 2.14. The molecule has 0 unspecified atom stereocenters. The van der Waals surface area contributed by atoms with E-state index in [-0.39, 0.29) is 23.8 Å². The van der Waals surface area contributed by atoms with Gasteiger partial charge in [-0.05, 0) is 42.8 Å². The van der Waals surface area contributed by atoms with Gasteiger partial charge in [-0.15, -0.1) is 11.3 Å². The number of aryl methyl sites for hydroxylation is 1. The molecule has 0 saturated heterocycles. The van der Waals surface area contributed by atoms with Crippen LogP contribution >= 0.6 is 11.3 Å². The molecule has 0 aliphatic heterocycles. The van der Waals surface area contributed by atoms with Crippen LogP contribution in [-0.2, 0) is 11.2 Å². The van der Waals surface area contributed by atoms with Crippen LogP contribution in [0.1, 0.15) is 10.6 Å². The molecular weight excluding hydrogens is 386 g/mol. The van der Waals surface area contributed by atoms with Crippen molar-refractivity contribution < 1.29 is 23.0 Å². The largest absolute Gasteiger partial charge is 0.493 e. The summed E-state index contributed by atoms with van der Waals surface area (Å²) in [6, 6.07) is 12.1. The van der Waals surface area contributed by atoms with E-state index in [2.05, 4.69) is 15.0 Å². The van der Waals surface area contributed by atoms with Crippen molar-refractivity contribution in [3.05, 3.63) is 58.4 Å². The maximum atomic E-state index is 12.4. The van der Waals surface area contributed by atoms with E-state index in [4.69, 9.17) is 4.74 Å². The fraction of sp³-hybridized carbons (Fsp3) is 0.200. The van der Waals surface area contributed by atoms with E-state index < -0.39 is 6.61 Å². The summed E-state index contributed by atoms with van der Waals surface area (Å²) in [5, 5.41) is 5.29. The predicted octanol–water partition coefficient (Wildman–Crippen LogP) is 4.91. The van der Waals surface area contributed by atoms with Crippen molar-refractivity contribution in [1.29, 1.82) is 0 Å². The standard InChI is InChI=1S/C20H18F2N2O3S/c1-12-4-3-5-14(8-12)23-18(25)10-19-24-15(11-28-19)13-6-7-16(27-20(21)22)17(9-13)26-2/h3-9,11,20H,10H2,1-2H3,(H,23,25). The minimum Gasteiger partial charge on any atom is -0.493 e. The van der Waals surface area contributed by atoms with Gasteiger partial charge in [0.05, 0.1) is 19.2 Å². The SMILES string of the molecule is COc1cc(-c2csc(CC(=O)Nc3cccc(C)c3)n2)ccc1OC(F)F. The van der Waals surface area contributed by atoms with Crippen molar-refractivity contribution in [2.75, 3.05) is 12.4 Å². The summed E-state index contributed by atoms with van der Waals surface area (Å²) in [7, 11) is 1.37. The number of methoxy groups -OCH3 is 1. The smallest absolute Gasteiger partial charge is 0.387 e. The first-order valence-corrected chi connectivity index (χ1v) is 9.26. The Balaban J connectivity index is 1.70. The summed E-state index contributed by atoms with van der Waals surface area (Å²) in [5.41, 5.74) is 3.11. The molecule has 1 aromatic heterocycles. The van der Waals surface area contributed by atoms with Gasteiger partial charge in [-0.25, -0.2) is 4.98 Å². The summed E-state index contributed by atoms with van der Waals surface area (Å²) >= 11 is 1.35. The normalized spacial score (nSPS) is 10.8. The molecule has 0 aliphatic carbocycles. The number of nitrogens with zero attached hydrogens (tertiary/aromatic N) is 1. The Bertz CT molecular complexity index is 976. The van der Waals surface area contributed by atoms with Crippen LogP contribution in [0.4, 0.5) is 14.5 Å². The Hall–Kier alpha value is -3.00. The van der Waals surface area contributed by atoms with E-state index in [1.165, 1.54) is 24.5 Å². The number of hydrogen-bond donors (Lipinski definition) is 1. The van der Waals surface area contributed by atoms with Crippen molar-refractivity contribution in [2.45, 2.75) is 20.0 Å². The summed E-state index contributed by atoms with van der Waals surface area (Å²) in [6.07, 6.45) is 0.141. The topological polar surface area (TPSA) is 60.5 Å². The fourth-order valence-electron chi connectivity index (χ4n) is 2.61. The Kier molecular flexibility index (Phi) is 6.20. The second kappa shape index (κ2) is 8.79. The van der Waals surface area contributed by atoms with Crippen LogP contribution in [0.2, 0.25) is 0 Å². The lowest BCUT2D eigenvalue weighted by Crippen LogP contribution is -2.14. The minimum atomic E-state index is -2.93. The van der Waals surface area contributed by atoms with Gasteiger partial charge in [0.1, 0.15) is 5.01 Å². The van der Waals surface area contributed by atoms with Crippen LogP contribution in [-0.4, -0.2) is 24.6 Å². The average Bonchev–Trinajstić information content (AvgIpc) is 3.09. The maximum Gasteiger partial charge on any atom is 0.387 e. The van der Waals surface area contributed by atoms with Crippen LogP contribution in [0.3, 0.4) is 0 Å². The number of carbonyl (C=O) groups excluding carboxylic acids is 1. The second-order valence-corrected chi connectivity index (χ2v) is 6.91. The first-order chi connectivity index (χ1) is 13.4. The van der Waals surface area contributed by atoms with Crippen LogP contribution in [0.25, 0.3) is 11.3 Å². The van der Waals surface area contributed by atoms with E-state index in [0.29, 0.717) is 16.3 Å². The molecule has 3 rings (SSSR count). The Morgan fingerprint density at radius 3 is 2.75 bits per heavy atom. The third-order valence-corrected chi connectivity index (χ3v) is 4.69. The predicted molar refractivity (Wildman–Crippen MR) is 104 cm³/mol. The van der Waals surface area contributed by atoms with E-state index in [1.54, 1.807) is 17.5 Å². The van der Waals surface area contributed by atoms with Gasteiger partial charge in [-0.3, -0.25) is 4.79 Å². The van der Waals surface area contributed by atoms with Crippen LogP contribution in [0, 0.1) is 6.92 Å². The fourth-order valence-corrected chi connectivity index (χ4v) is 3.41. The first kappa shape index (κ1) is 19.8. The maximum absolute atomic E-state index is 12.4. The molecule has 0 aliphatic rings. The number of benzene rings is 2. The van der Waals surface area contributed by atoms with E-state index >= 15 is 0 Å². The number of anilines is 1. The second-order valence-electron chi connectivity index (χ2n) is 5.97. The molecular formula is C20H18F2N2O3S. The molecule has 0 atom stereocenters. The van der Waals surface area contributed by atoms with Crippen LogP contribution in [0.5, 0.6) is 11.5 Å². The highest BCUT2D eigenvalue weighted by Crippen LogP contribution is 2.33. The van der Waals surface area contributed by atoms with Gasteiger partial charge in [0.25, 0.3) is 0 Å². The zero-order valence-electron chi connectivity index (χ0n) is 15.2. The summed E-state index contributed by atoms with van der Waals surface area (Å²) in [5.74, 6) is -0.0245. The number of nitrogens with one attached hydrogen (secondary N) is 1. The first-order valence-electron chi connectivity index (χ1n) is 8.38. The highest BCUT2D eigenvalue weighted by molar-refractivity contribution is 7.10. The van der Waals surface area contributed by atoms with Gasteiger partial charge < -0.3 is 14.8 Å². The molecule has 0 fully saturated rings. The monoisotopic (exact) mass is 404 g/mol. The van der Waals surface area contributed by atoms with Gasteiger partial charge in [-0.1, -0.05) is 12.1 Å². The number of ether oxygens (including phenoxy) is 2. The van der Waals surface area contributed by atoms with Gasteiger partial charge in [-0.2, -0.15) is 8.78 Å². The number of aromatic nitrogens is 1. The number of hydrogen-bond acceptors (Lipinski definition) is 5. The molecule has 8 heteroatoms. The van der Waals surface area contributed by atoms with E-state index in [9.17, 15) is 13.6 Å². The van der Waals surface area contributed by atoms with Gasteiger partial charge >= 0.3 is 6.61 Å². The summed E-state index contributed by atoms with van der Waals surface area (Å²) in [4.78, 5) is 16.7. The van der Waals surface area contributed by atoms with Gasteiger partial charge in [0, 0.05) is 16.6 Å². The molecule has 1 N–H and O–H groups in total. The average molecular weight is 404 g/mol. The number of carbonyl (C=O) groups is 1. The van der Waals surface area contributed by atoms with Crippen molar-refractivity contribution in [1.82, 2.24) is 4.98 Å². The van der Waals surface area contributed by atoms with E-state index in [1.807, 2.05) is 31.2 Å².